The molecule has 0 amide bonds. The summed E-state index contributed by atoms with van der Waals surface area (Å²) in [4.78, 5) is 2.24. The highest BCUT2D eigenvalue weighted by atomic mass is 16.5. The fourth-order valence-corrected chi connectivity index (χ4v) is 2.21. The SMILES string of the molecule is CNCCCCN(C)c1ccc(OC)c(C)c1OC. The Bertz CT molecular complexity index is 394. The second-order valence-electron chi connectivity index (χ2n) is 4.68. The van der Waals surface area contributed by atoms with Crippen molar-refractivity contribution >= 4 is 5.69 Å². The molecule has 0 spiro atoms. The lowest BCUT2D eigenvalue weighted by Crippen LogP contribution is -2.20. The van der Waals surface area contributed by atoms with Gasteiger partial charge >= 0.3 is 0 Å². The Hall–Kier alpha value is -1.42. The molecule has 0 heterocycles. The van der Waals surface area contributed by atoms with Crippen LogP contribution in [0.4, 0.5) is 5.69 Å². The molecule has 0 fully saturated rings. The molecule has 0 aromatic heterocycles. The molecule has 1 rings (SSSR count). The first-order valence-electron chi connectivity index (χ1n) is 6.73. The summed E-state index contributed by atoms with van der Waals surface area (Å²) in [5, 5.41) is 3.17. The Kier molecular flexibility index (Phi) is 6.50. The molecule has 1 aromatic carbocycles. The molecular formula is C15H26N2O2. The van der Waals surface area contributed by atoms with Crippen molar-refractivity contribution in [1.29, 1.82) is 0 Å². The number of nitrogens with one attached hydrogen (secondary N) is 1. The monoisotopic (exact) mass is 266 g/mol. The minimum atomic E-state index is 0.865. The normalized spacial score (nSPS) is 10.4. The molecule has 1 aromatic rings. The molecule has 0 bridgehead atoms. The van der Waals surface area contributed by atoms with Crippen LogP contribution in [0.15, 0.2) is 12.1 Å². The van der Waals surface area contributed by atoms with Crippen molar-refractivity contribution < 1.29 is 9.47 Å². The fraction of sp³-hybridized carbons (Fsp3) is 0.600. The number of hydrogen-bond acceptors (Lipinski definition) is 4. The highest BCUT2D eigenvalue weighted by Crippen LogP contribution is 2.36. The maximum absolute atomic E-state index is 5.53. The summed E-state index contributed by atoms with van der Waals surface area (Å²) >= 11 is 0. The van der Waals surface area contributed by atoms with E-state index in [4.69, 9.17) is 9.47 Å². The number of hydrogen-bond donors (Lipinski definition) is 1. The summed E-state index contributed by atoms with van der Waals surface area (Å²) in [7, 11) is 7.48. The van der Waals surface area contributed by atoms with E-state index in [0.717, 1.165) is 42.3 Å². The van der Waals surface area contributed by atoms with Gasteiger partial charge < -0.3 is 19.7 Å². The zero-order chi connectivity index (χ0) is 14.3. The lowest BCUT2D eigenvalue weighted by atomic mass is 10.1. The van der Waals surface area contributed by atoms with Crippen molar-refractivity contribution in [2.75, 3.05) is 46.3 Å². The molecule has 0 aliphatic heterocycles. The average molecular weight is 266 g/mol. The maximum Gasteiger partial charge on any atom is 0.148 e. The lowest BCUT2D eigenvalue weighted by molar-refractivity contribution is 0.389. The molecule has 0 aliphatic carbocycles. The number of anilines is 1. The van der Waals surface area contributed by atoms with Crippen molar-refractivity contribution in [3.05, 3.63) is 17.7 Å². The number of nitrogens with zero attached hydrogens (tertiary/aromatic N) is 1. The predicted molar refractivity (Wildman–Crippen MR) is 80.7 cm³/mol. The topological polar surface area (TPSA) is 33.7 Å². The predicted octanol–water partition coefficient (Wildman–Crippen LogP) is 2.45. The van der Waals surface area contributed by atoms with Crippen LogP contribution in [0.2, 0.25) is 0 Å². The largest absolute Gasteiger partial charge is 0.496 e. The maximum atomic E-state index is 5.53. The van der Waals surface area contributed by atoms with E-state index in [2.05, 4.69) is 23.3 Å². The van der Waals surface area contributed by atoms with Crippen LogP contribution in [0.5, 0.6) is 11.5 Å². The van der Waals surface area contributed by atoms with E-state index in [1.165, 1.54) is 6.42 Å². The van der Waals surface area contributed by atoms with Crippen LogP contribution in [0.1, 0.15) is 18.4 Å². The van der Waals surface area contributed by atoms with Gasteiger partial charge in [-0.05, 0) is 45.5 Å². The van der Waals surface area contributed by atoms with Gasteiger partial charge in [-0.1, -0.05) is 0 Å². The van der Waals surface area contributed by atoms with Gasteiger partial charge in [-0.25, -0.2) is 0 Å². The molecule has 0 radical (unpaired) electrons. The fourth-order valence-electron chi connectivity index (χ4n) is 2.21. The van der Waals surface area contributed by atoms with Gasteiger partial charge in [0.1, 0.15) is 11.5 Å². The van der Waals surface area contributed by atoms with Crippen LogP contribution in [0.3, 0.4) is 0 Å². The number of benzene rings is 1. The number of rotatable bonds is 8. The summed E-state index contributed by atoms with van der Waals surface area (Å²) in [6.07, 6.45) is 2.34. The molecule has 0 aliphatic rings. The third-order valence-electron chi connectivity index (χ3n) is 3.34. The standard InChI is InChI=1S/C15H26N2O2/c1-12-14(18-4)9-8-13(15(12)19-5)17(3)11-7-6-10-16-2/h8-9,16H,6-7,10-11H2,1-5H3. The van der Waals surface area contributed by atoms with E-state index in [1.54, 1.807) is 14.2 Å². The van der Waals surface area contributed by atoms with Gasteiger partial charge in [0.2, 0.25) is 0 Å². The number of unbranched alkanes of at least 4 members (excludes halogenated alkanes) is 1. The van der Waals surface area contributed by atoms with E-state index in [1.807, 2.05) is 20.0 Å². The first-order valence-corrected chi connectivity index (χ1v) is 6.73. The third kappa shape index (κ3) is 4.03. The van der Waals surface area contributed by atoms with Gasteiger partial charge in [-0.15, -0.1) is 0 Å². The number of ether oxygens (including phenoxy) is 2. The van der Waals surface area contributed by atoms with Crippen LogP contribution in [0, 0.1) is 6.92 Å². The van der Waals surface area contributed by atoms with E-state index in [-0.39, 0.29) is 0 Å². The molecule has 0 saturated heterocycles. The minimum Gasteiger partial charge on any atom is -0.496 e. The van der Waals surface area contributed by atoms with E-state index >= 15 is 0 Å². The van der Waals surface area contributed by atoms with Crippen molar-refractivity contribution in [3.8, 4) is 11.5 Å². The van der Waals surface area contributed by atoms with E-state index in [9.17, 15) is 0 Å². The molecule has 1 N–H and O–H groups in total. The lowest BCUT2D eigenvalue weighted by Gasteiger charge is -2.23. The van der Waals surface area contributed by atoms with Crippen molar-refractivity contribution in [1.82, 2.24) is 5.32 Å². The Labute approximate surface area is 116 Å². The first kappa shape index (κ1) is 15.6. The molecule has 4 heteroatoms. The zero-order valence-electron chi connectivity index (χ0n) is 12.7. The Balaban J connectivity index is 2.78. The van der Waals surface area contributed by atoms with Crippen LogP contribution < -0.4 is 19.7 Å². The number of methoxy groups -OCH3 is 2. The van der Waals surface area contributed by atoms with Gasteiger partial charge in [0.15, 0.2) is 0 Å². The highest BCUT2D eigenvalue weighted by Gasteiger charge is 2.13. The van der Waals surface area contributed by atoms with Crippen LogP contribution in [-0.2, 0) is 0 Å². The van der Waals surface area contributed by atoms with E-state index in [0.29, 0.717) is 0 Å². The van der Waals surface area contributed by atoms with Gasteiger partial charge in [0.25, 0.3) is 0 Å². The average Bonchev–Trinajstić information content (AvgIpc) is 2.43. The summed E-state index contributed by atoms with van der Waals surface area (Å²) < 4.78 is 10.9. The molecule has 0 atom stereocenters. The molecule has 108 valence electrons. The Morgan fingerprint density at radius 2 is 1.89 bits per heavy atom. The molecule has 4 nitrogen and oxygen atoms in total. The highest BCUT2D eigenvalue weighted by molar-refractivity contribution is 5.65. The zero-order valence-corrected chi connectivity index (χ0v) is 12.7. The van der Waals surface area contributed by atoms with Crippen molar-refractivity contribution in [2.24, 2.45) is 0 Å². The van der Waals surface area contributed by atoms with Gasteiger partial charge in [0.05, 0.1) is 19.9 Å². The second-order valence-corrected chi connectivity index (χ2v) is 4.68. The van der Waals surface area contributed by atoms with Crippen molar-refractivity contribution in [3.63, 3.8) is 0 Å². The summed E-state index contributed by atoms with van der Waals surface area (Å²) in [5.41, 5.74) is 2.16. The first-order chi connectivity index (χ1) is 9.15. The summed E-state index contributed by atoms with van der Waals surface area (Å²) in [6, 6.07) is 4.06. The minimum absolute atomic E-state index is 0.865. The Morgan fingerprint density at radius 1 is 1.16 bits per heavy atom. The molecular weight excluding hydrogens is 240 g/mol. The third-order valence-corrected chi connectivity index (χ3v) is 3.34. The smallest absolute Gasteiger partial charge is 0.148 e. The van der Waals surface area contributed by atoms with Gasteiger partial charge in [0, 0.05) is 19.2 Å². The van der Waals surface area contributed by atoms with Gasteiger partial charge in [-0.3, -0.25) is 0 Å². The summed E-state index contributed by atoms with van der Waals surface area (Å²) in [5.74, 6) is 1.76. The second kappa shape index (κ2) is 7.89. The van der Waals surface area contributed by atoms with Crippen LogP contribution >= 0.6 is 0 Å². The quantitative estimate of drug-likeness (QED) is 0.733. The van der Waals surface area contributed by atoms with Crippen LogP contribution in [-0.4, -0.2) is 41.4 Å². The van der Waals surface area contributed by atoms with E-state index < -0.39 is 0 Å². The van der Waals surface area contributed by atoms with Crippen LogP contribution in [0.25, 0.3) is 0 Å². The van der Waals surface area contributed by atoms with Gasteiger partial charge in [-0.2, -0.15) is 0 Å². The molecule has 0 unspecified atom stereocenters. The Morgan fingerprint density at radius 3 is 2.47 bits per heavy atom. The molecule has 19 heavy (non-hydrogen) atoms. The van der Waals surface area contributed by atoms with Crippen molar-refractivity contribution in [2.45, 2.75) is 19.8 Å². The summed E-state index contributed by atoms with van der Waals surface area (Å²) in [6.45, 7) is 4.10. The molecule has 0 saturated carbocycles.